The molecule has 1 aliphatic rings. The van der Waals surface area contributed by atoms with E-state index in [1.54, 1.807) is 17.5 Å². The number of likely N-dealkylation sites (tertiary alicyclic amines) is 1. The summed E-state index contributed by atoms with van der Waals surface area (Å²) >= 11 is 1.48. The molecule has 178 valence electrons. The number of nitrogens with one attached hydrogen (secondary N) is 1. The van der Waals surface area contributed by atoms with Crippen LogP contribution in [0.4, 0.5) is 4.39 Å². The number of halogens is 1. The average molecular weight is 482 g/mol. The Labute approximate surface area is 202 Å². The number of ether oxygens (including phenoxy) is 1. The van der Waals surface area contributed by atoms with Gasteiger partial charge in [-0.1, -0.05) is 12.1 Å². The smallest absolute Gasteiger partial charge is 0.271 e. The van der Waals surface area contributed by atoms with Gasteiger partial charge in [-0.2, -0.15) is 0 Å². The summed E-state index contributed by atoms with van der Waals surface area (Å²) in [7, 11) is 0. The van der Waals surface area contributed by atoms with Crippen molar-refractivity contribution < 1.29 is 18.7 Å². The predicted molar refractivity (Wildman–Crippen MR) is 130 cm³/mol. The Morgan fingerprint density at radius 2 is 1.79 bits per heavy atom. The number of benzene rings is 2. The van der Waals surface area contributed by atoms with E-state index in [4.69, 9.17) is 4.74 Å². The minimum atomic E-state index is -0.305. The van der Waals surface area contributed by atoms with E-state index in [0.29, 0.717) is 30.9 Å². The van der Waals surface area contributed by atoms with Gasteiger partial charge in [-0.15, -0.1) is 11.3 Å². The van der Waals surface area contributed by atoms with Gasteiger partial charge in [0, 0.05) is 36.5 Å². The zero-order chi connectivity index (χ0) is 24.1. The highest BCUT2D eigenvalue weighted by Gasteiger charge is 2.27. The zero-order valence-corrected chi connectivity index (χ0v) is 20.1. The van der Waals surface area contributed by atoms with E-state index in [1.807, 2.05) is 43.0 Å². The van der Waals surface area contributed by atoms with Crippen LogP contribution in [0.3, 0.4) is 0 Å². The van der Waals surface area contributed by atoms with Crippen molar-refractivity contribution >= 4 is 23.2 Å². The highest BCUT2D eigenvalue weighted by molar-refractivity contribution is 7.09. The summed E-state index contributed by atoms with van der Waals surface area (Å²) in [5, 5.41) is 5.52. The summed E-state index contributed by atoms with van der Waals surface area (Å²) < 4.78 is 18.7. The number of amides is 2. The molecule has 0 saturated carbocycles. The van der Waals surface area contributed by atoms with Crippen molar-refractivity contribution in [3.05, 3.63) is 81.6 Å². The summed E-state index contributed by atoms with van der Waals surface area (Å²) in [5.41, 5.74) is 1.87. The molecule has 8 heteroatoms. The normalized spacial score (nSPS) is 14.3. The summed E-state index contributed by atoms with van der Waals surface area (Å²) in [6, 6.07) is 13.3. The molecule has 1 N–H and O–H groups in total. The Bertz CT molecular complexity index is 1120. The quantitative estimate of drug-likeness (QED) is 0.514. The van der Waals surface area contributed by atoms with Crippen molar-refractivity contribution in [1.29, 1.82) is 0 Å². The van der Waals surface area contributed by atoms with E-state index in [-0.39, 0.29) is 29.7 Å². The first-order valence-corrected chi connectivity index (χ1v) is 12.3. The van der Waals surface area contributed by atoms with Gasteiger partial charge in [0.25, 0.3) is 11.8 Å². The van der Waals surface area contributed by atoms with Crippen LogP contribution in [0, 0.1) is 5.82 Å². The van der Waals surface area contributed by atoms with Crippen molar-refractivity contribution in [3.63, 3.8) is 0 Å². The largest absolute Gasteiger partial charge is 0.491 e. The van der Waals surface area contributed by atoms with Crippen LogP contribution in [0.5, 0.6) is 5.75 Å². The summed E-state index contributed by atoms with van der Waals surface area (Å²) in [5.74, 6) is 0.459. The molecule has 0 aliphatic carbocycles. The average Bonchev–Trinajstić information content (AvgIpc) is 3.34. The molecule has 3 aromatic rings. The fourth-order valence-electron chi connectivity index (χ4n) is 3.91. The lowest BCUT2D eigenvalue weighted by molar-refractivity contribution is 0.0713. The highest BCUT2D eigenvalue weighted by Crippen LogP contribution is 2.31. The van der Waals surface area contributed by atoms with Gasteiger partial charge in [-0.05, 0) is 68.7 Å². The highest BCUT2D eigenvalue weighted by atomic mass is 32.1. The molecule has 1 saturated heterocycles. The molecule has 1 fully saturated rings. The van der Waals surface area contributed by atoms with Gasteiger partial charge in [0.05, 0.1) is 11.1 Å². The summed E-state index contributed by atoms with van der Waals surface area (Å²) in [6.45, 7) is 5.56. The van der Waals surface area contributed by atoms with Crippen LogP contribution in [-0.2, 0) is 6.54 Å². The standard InChI is InChI=1S/C26H28FN3O3S/c1-17(2)33-22-9-5-20(6-10-22)26(32)30-13-11-19(12-14-30)25-29-23(16-34-25)24(31)28-15-18-3-7-21(27)8-4-18/h3-10,16-17,19H,11-15H2,1-2H3,(H,28,31). The number of aromatic nitrogens is 1. The molecule has 6 nitrogen and oxygen atoms in total. The molecule has 0 radical (unpaired) electrons. The first-order chi connectivity index (χ1) is 16.4. The Hall–Kier alpha value is -3.26. The van der Waals surface area contributed by atoms with Crippen molar-refractivity contribution in [2.24, 2.45) is 0 Å². The molecule has 2 aromatic carbocycles. The van der Waals surface area contributed by atoms with Crippen LogP contribution in [0.1, 0.15) is 64.0 Å². The maximum absolute atomic E-state index is 13.0. The fourth-order valence-corrected chi connectivity index (χ4v) is 4.89. The summed E-state index contributed by atoms with van der Waals surface area (Å²) in [6.07, 6.45) is 1.71. The zero-order valence-electron chi connectivity index (χ0n) is 19.3. The Balaban J connectivity index is 1.28. The van der Waals surface area contributed by atoms with Gasteiger partial charge >= 0.3 is 0 Å². The topological polar surface area (TPSA) is 71.5 Å². The van der Waals surface area contributed by atoms with Crippen LogP contribution in [-0.4, -0.2) is 40.9 Å². The molecule has 0 atom stereocenters. The molecule has 34 heavy (non-hydrogen) atoms. The third-order valence-corrected chi connectivity index (χ3v) is 6.73. The lowest BCUT2D eigenvalue weighted by Gasteiger charge is -2.31. The maximum Gasteiger partial charge on any atom is 0.271 e. The molecule has 2 heterocycles. The van der Waals surface area contributed by atoms with Gasteiger partial charge in [-0.3, -0.25) is 9.59 Å². The second-order valence-corrected chi connectivity index (χ2v) is 9.53. The second-order valence-electron chi connectivity index (χ2n) is 8.64. The number of piperidine rings is 1. The number of rotatable bonds is 7. The number of thiazole rings is 1. The van der Waals surface area contributed by atoms with Gasteiger partial charge < -0.3 is 15.0 Å². The van der Waals surface area contributed by atoms with E-state index in [2.05, 4.69) is 10.3 Å². The first kappa shape index (κ1) is 23.9. The first-order valence-electron chi connectivity index (χ1n) is 11.4. The van der Waals surface area contributed by atoms with Crippen molar-refractivity contribution in [1.82, 2.24) is 15.2 Å². The molecule has 1 aromatic heterocycles. The third-order valence-electron chi connectivity index (χ3n) is 5.73. The van der Waals surface area contributed by atoms with Crippen LogP contribution >= 0.6 is 11.3 Å². The number of hydrogen-bond donors (Lipinski definition) is 1. The second kappa shape index (κ2) is 10.8. The molecule has 1 aliphatic heterocycles. The molecule has 0 bridgehead atoms. The number of carbonyl (C=O) groups excluding carboxylic acids is 2. The number of carbonyl (C=O) groups is 2. The number of hydrogen-bond acceptors (Lipinski definition) is 5. The lowest BCUT2D eigenvalue weighted by atomic mass is 9.97. The van der Waals surface area contributed by atoms with E-state index in [0.717, 1.165) is 29.2 Å². The van der Waals surface area contributed by atoms with E-state index >= 15 is 0 Å². The van der Waals surface area contributed by atoms with Crippen LogP contribution < -0.4 is 10.1 Å². The maximum atomic E-state index is 13.0. The number of nitrogens with zero attached hydrogens (tertiary/aromatic N) is 2. The third kappa shape index (κ3) is 5.99. The van der Waals surface area contributed by atoms with Gasteiger partial charge in [0.1, 0.15) is 17.3 Å². The Morgan fingerprint density at radius 1 is 1.12 bits per heavy atom. The molecule has 0 unspecified atom stereocenters. The monoisotopic (exact) mass is 481 g/mol. The van der Waals surface area contributed by atoms with Crippen LogP contribution in [0.2, 0.25) is 0 Å². The van der Waals surface area contributed by atoms with E-state index in [9.17, 15) is 14.0 Å². The molecule has 4 rings (SSSR count). The lowest BCUT2D eigenvalue weighted by Crippen LogP contribution is -2.37. The van der Waals surface area contributed by atoms with Gasteiger partial charge in [0.2, 0.25) is 0 Å². The minimum absolute atomic E-state index is 0.0227. The van der Waals surface area contributed by atoms with Crippen LogP contribution in [0.25, 0.3) is 0 Å². The molecular formula is C26H28FN3O3S. The summed E-state index contributed by atoms with van der Waals surface area (Å²) in [4.78, 5) is 31.8. The van der Waals surface area contributed by atoms with Crippen molar-refractivity contribution in [2.45, 2.75) is 45.3 Å². The van der Waals surface area contributed by atoms with Gasteiger partial charge in [-0.25, -0.2) is 9.37 Å². The molecular weight excluding hydrogens is 453 g/mol. The van der Waals surface area contributed by atoms with E-state index in [1.165, 1.54) is 23.5 Å². The van der Waals surface area contributed by atoms with Gasteiger partial charge in [0.15, 0.2) is 0 Å². The Morgan fingerprint density at radius 3 is 2.44 bits per heavy atom. The van der Waals surface area contributed by atoms with Crippen molar-refractivity contribution in [3.8, 4) is 5.75 Å². The molecule has 2 amide bonds. The SMILES string of the molecule is CC(C)Oc1ccc(C(=O)N2CCC(c3nc(C(=O)NCc4ccc(F)cc4)cs3)CC2)cc1. The predicted octanol–water partition coefficient (Wildman–Crippen LogP) is 5.02. The van der Waals surface area contributed by atoms with Crippen LogP contribution in [0.15, 0.2) is 53.9 Å². The van der Waals surface area contributed by atoms with E-state index < -0.39 is 0 Å². The van der Waals surface area contributed by atoms with Crippen molar-refractivity contribution in [2.75, 3.05) is 13.1 Å². The Kier molecular flexibility index (Phi) is 7.57. The molecule has 0 spiro atoms. The fraction of sp³-hybridized carbons (Fsp3) is 0.346. The minimum Gasteiger partial charge on any atom is -0.491 e.